The molecule has 3 N–H and O–H groups in total. The predicted octanol–water partition coefficient (Wildman–Crippen LogP) is 3.53. The number of nitrogens with two attached hydrogens (primary N) is 1. The fourth-order valence-electron chi connectivity index (χ4n) is 5.17. The molecule has 2 aliphatic rings. The molecule has 1 aliphatic heterocycles. The molecule has 0 radical (unpaired) electrons. The number of hydrogen-bond acceptors (Lipinski definition) is 7. The molecule has 2 fully saturated rings. The van der Waals surface area contributed by atoms with Crippen molar-refractivity contribution in [2.24, 2.45) is 11.1 Å². The number of carbonyl (C=O) groups is 1. The zero-order chi connectivity index (χ0) is 26.5. The minimum Gasteiger partial charge on any atom is -0.349 e. The summed E-state index contributed by atoms with van der Waals surface area (Å²) in [4.78, 5) is 19.8. The van der Waals surface area contributed by atoms with Crippen molar-refractivity contribution >= 4 is 15.9 Å². The molecule has 202 valence electrons. The SMILES string of the molecule is NS(=O)(=O)c1ccc(Cc2noc(C3CCN(CC[C@H](NC(=O)C4CCC4)c4ccccc4)CC3)n2)cc1. The van der Waals surface area contributed by atoms with Gasteiger partial charge in [0.1, 0.15) is 0 Å². The highest BCUT2D eigenvalue weighted by molar-refractivity contribution is 7.89. The molecule has 9 nitrogen and oxygen atoms in total. The van der Waals surface area contributed by atoms with Crippen LogP contribution in [-0.4, -0.2) is 49.0 Å². The van der Waals surface area contributed by atoms with Gasteiger partial charge in [-0.05, 0) is 68.5 Å². The number of aromatic nitrogens is 2. The van der Waals surface area contributed by atoms with Gasteiger partial charge in [0.15, 0.2) is 5.82 Å². The van der Waals surface area contributed by atoms with Crippen LogP contribution in [0.15, 0.2) is 64.0 Å². The Morgan fingerprint density at radius 1 is 1.05 bits per heavy atom. The number of likely N-dealkylation sites (tertiary alicyclic amines) is 1. The van der Waals surface area contributed by atoms with Gasteiger partial charge in [-0.3, -0.25) is 4.79 Å². The highest BCUT2D eigenvalue weighted by atomic mass is 32.2. The van der Waals surface area contributed by atoms with Gasteiger partial charge in [0.2, 0.25) is 21.8 Å². The molecule has 0 spiro atoms. The molecule has 2 heterocycles. The topological polar surface area (TPSA) is 131 Å². The number of benzene rings is 2. The average Bonchev–Trinajstić information content (AvgIpc) is 3.34. The molecule has 5 rings (SSSR count). The van der Waals surface area contributed by atoms with Crippen molar-refractivity contribution in [3.05, 3.63) is 77.4 Å². The Labute approximate surface area is 223 Å². The van der Waals surface area contributed by atoms with Crippen LogP contribution in [0.2, 0.25) is 0 Å². The van der Waals surface area contributed by atoms with Crippen molar-refractivity contribution in [3.63, 3.8) is 0 Å². The summed E-state index contributed by atoms with van der Waals surface area (Å²) in [6.07, 6.45) is 6.37. The Kier molecular flexibility index (Phi) is 8.21. The standard InChI is InChI=1S/C28H35N5O4S/c29-38(35,36)24-11-9-20(10-12-24)19-26-31-28(37-32-26)23-13-16-33(17-14-23)18-15-25(21-5-2-1-3-6-21)30-27(34)22-7-4-8-22/h1-3,5-6,9-12,22-23,25H,4,7-8,13-19H2,(H,30,34)(H2,29,35,36)/t25-/m0/s1. The molecule has 10 heteroatoms. The smallest absolute Gasteiger partial charge is 0.238 e. The molecule has 1 amide bonds. The maximum absolute atomic E-state index is 12.7. The van der Waals surface area contributed by atoms with Crippen LogP contribution in [0.5, 0.6) is 0 Å². The number of amides is 1. The van der Waals surface area contributed by atoms with Gasteiger partial charge in [-0.15, -0.1) is 0 Å². The molecule has 1 atom stereocenters. The summed E-state index contributed by atoms with van der Waals surface area (Å²) >= 11 is 0. The van der Waals surface area contributed by atoms with Crippen molar-refractivity contribution in [1.29, 1.82) is 0 Å². The van der Waals surface area contributed by atoms with E-state index in [-0.39, 0.29) is 28.7 Å². The Balaban J connectivity index is 1.12. The highest BCUT2D eigenvalue weighted by Crippen LogP contribution is 2.30. The van der Waals surface area contributed by atoms with Crippen LogP contribution in [-0.2, 0) is 21.2 Å². The van der Waals surface area contributed by atoms with Crippen LogP contribution in [0.1, 0.15) is 73.3 Å². The number of piperidine rings is 1. The van der Waals surface area contributed by atoms with Gasteiger partial charge < -0.3 is 14.7 Å². The predicted molar refractivity (Wildman–Crippen MR) is 143 cm³/mol. The van der Waals surface area contributed by atoms with Gasteiger partial charge >= 0.3 is 0 Å². The lowest BCUT2D eigenvalue weighted by atomic mass is 9.84. The van der Waals surface area contributed by atoms with Crippen LogP contribution < -0.4 is 10.5 Å². The number of primary sulfonamides is 1. The Bertz CT molecular complexity index is 1310. The summed E-state index contributed by atoms with van der Waals surface area (Å²) in [5, 5.41) is 12.6. The molecule has 1 saturated carbocycles. The summed E-state index contributed by atoms with van der Waals surface area (Å²) in [6, 6.07) is 16.7. The summed E-state index contributed by atoms with van der Waals surface area (Å²) in [5.74, 6) is 1.84. The molecule has 0 bridgehead atoms. The van der Waals surface area contributed by atoms with E-state index in [2.05, 4.69) is 32.5 Å². The van der Waals surface area contributed by atoms with Gasteiger partial charge in [-0.2, -0.15) is 4.98 Å². The molecule has 2 aromatic carbocycles. The first kappa shape index (κ1) is 26.5. The molecular formula is C28H35N5O4S. The minimum absolute atomic E-state index is 0.0274. The first-order valence-corrected chi connectivity index (χ1v) is 14.9. The fraction of sp³-hybridized carbons (Fsp3) is 0.464. The fourth-order valence-corrected chi connectivity index (χ4v) is 5.68. The zero-order valence-corrected chi connectivity index (χ0v) is 22.3. The van der Waals surface area contributed by atoms with E-state index in [9.17, 15) is 13.2 Å². The third-order valence-corrected chi connectivity index (χ3v) is 8.69. The van der Waals surface area contributed by atoms with Gasteiger partial charge in [-0.1, -0.05) is 54.0 Å². The monoisotopic (exact) mass is 537 g/mol. The molecule has 0 unspecified atom stereocenters. The van der Waals surface area contributed by atoms with Crippen molar-refractivity contribution < 1.29 is 17.7 Å². The van der Waals surface area contributed by atoms with Crippen molar-refractivity contribution in [3.8, 4) is 0 Å². The quantitative estimate of drug-likeness (QED) is 0.404. The largest absolute Gasteiger partial charge is 0.349 e. The Morgan fingerprint density at radius 2 is 1.76 bits per heavy atom. The minimum atomic E-state index is -3.71. The zero-order valence-electron chi connectivity index (χ0n) is 21.5. The van der Waals surface area contributed by atoms with Crippen molar-refractivity contribution in [1.82, 2.24) is 20.4 Å². The number of sulfonamides is 1. The second-order valence-corrected chi connectivity index (χ2v) is 12.0. The van der Waals surface area contributed by atoms with E-state index in [1.807, 2.05) is 18.2 Å². The van der Waals surface area contributed by atoms with Gasteiger partial charge in [0.05, 0.1) is 10.9 Å². The lowest BCUT2D eigenvalue weighted by molar-refractivity contribution is -0.128. The third-order valence-electron chi connectivity index (χ3n) is 7.76. The average molecular weight is 538 g/mol. The number of rotatable bonds is 10. The van der Waals surface area contributed by atoms with Crippen LogP contribution >= 0.6 is 0 Å². The normalized spacial score (nSPS) is 18.1. The second-order valence-electron chi connectivity index (χ2n) is 10.4. The van der Waals surface area contributed by atoms with Gasteiger partial charge in [-0.25, -0.2) is 13.6 Å². The van der Waals surface area contributed by atoms with Gasteiger partial charge in [0, 0.05) is 24.8 Å². The number of hydrogen-bond donors (Lipinski definition) is 2. The Morgan fingerprint density at radius 3 is 2.39 bits per heavy atom. The van der Waals surface area contributed by atoms with E-state index < -0.39 is 10.0 Å². The van der Waals surface area contributed by atoms with Crippen molar-refractivity contribution in [2.75, 3.05) is 19.6 Å². The van der Waals surface area contributed by atoms with Crippen LogP contribution in [0.25, 0.3) is 0 Å². The molecule has 38 heavy (non-hydrogen) atoms. The van der Waals surface area contributed by atoms with E-state index in [1.54, 1.807) is 12.1 Å². The molecule has 1 saturated heterocycles. The van der Waals surface area contributed by atoms with E-state index >= 15 is 0 Å². The number of nitrogens with zero attached hydrogens (tertiary/aromatic N) is 3. The van der Waals surface area contributed by atoms with Crippen LogP contribution in [0.3, 0.4) is 0 Å². The molecule has 3 aromatic rings. The summed E-state index contributed by atoms with van der Waals surface area (Å²) in [6.45, 7) is 2.80. The number of carbonyl (C=O) groups excluding carboxylic acids is 1. The molecule has 1 aliphatic carbocycles. The van der Waals surface area contributed by atoms with Crippen molar-refractivity contribution in [2.45, 2.75) is 61.8 Å². The summed E-state index contributed by atoms with van der Waals surface area (Å²) < 4.78 is 28.5. The second kappa shape index (κ2) is 11.8. The summed E-state index contributed by atoms with van der Waals surface area (Å²) in [7, 11) is -3.71. The van der Waals surface area contributed by atoms with E-state index in [1.165, 1.54) is 12.1 Å². The Hall–Kier alpha value is -3.08. The maximum atomic E-state index is 12.7. The third kappa shape index (κ3) is 6.67. The first-order chi connectivity index (χ1) is 18.3. The van der Waals surface area contributed by atoms with Gasteiger partial charge in [0.25, 0.3) is 0 Å². The van der Waals surface area contributed by atoms with E-state index in [0.29, 0.717) is 18.1 Å². The van der Waals surface area contributed by atoms with E-state index in [4.69, 9.17) is 9.66 Å². The first-order valence-electron chi connectivity index (χ1n) is 13.4. The van der Waals surface area contributed by atoms with E-state index in [0.717, 1.165) is 69.3 Å². The van der Waals surface area contributed by atoms with Crippen LogP contribution in [0, 0.1) is 5.92 Å². The number of nitrogens with one attached hydrogen (secondary N) is 1. The summed E-state index contributed by atoms with van der Waals surface area (Å²) in [5.41, 5.74) is 2.05. The molecule has 1 aromatic heterocycles. The lowest BCUT2D eigenvalue weighted by Gasteiger charge is -2.32. The van der Waals surface area contributed by atoms with Crippen LogP contribution in [0.4, 0.5) is 0 Å². The highest BCUT2D eigenvalue weighted by Gasteiger charge is 2.29. The molecular weight excluding hydrogens is 502 g/mol. The maximum Gasteiger partial charge on any atom is 0.238 e. The lowest BCUT2D eigenvalue weighted by Crippen LogP contribution is -2.39.